The largest absolute Gasteiger partial charge is 0.378 e. The number of hydrogen-bond acceptors (Lipinski definition) is 8. The quantitative estimate of drug-likeness (QED) is 0.527. The van der Waals surface area contributed by atoms with Crippen molar-refractivity contribution in [2.75, 3.05) is 37.8 Å². The highest BCUT2D eigenvalue weighted by Gasteiger charge is 2.18. The van der Waals surface area contributed by atoms with Gasteiger partial charge in [-0.2, -0.15) is 0 Å². The SMILES string of the molecule is O=C(CSc1nnc(SCC(=O)N2CCOCC2)s1)c1ccccc1. The van der Waals surface area contributed by atoms with Crippen molar-refractivity contribution in [2.24, 2.45) is 0 Å². The van der Waals surface area contributed by atoms with E-state index in [1.54, 1.807) is 0 Å². The van der Waals surface area contributed by atoms with Crippen LogP contribution in [0.4, 0.5) is 0 Å². The lowest BCUT2D eigenvalue weighted by atomic mass is 10.2. The molecule has 2 heterocycles. The van der Waals surface area contributed by atoms with Crippen LogP contribution in [0.5, 0.6) is 0 Å². The van der Waals surface area contributed by atoms with E-state index < -0.39 is 0 Å². The van der Waals surface area contributed by atoms with E-state index >= 15 is 0 Å². The lowest BCUT2D eigenvalue weighted by Gasteiger charge is -2.26. The van der Waals surface area contributed by atoms with E-state index in [4.69, 9.17) is 4.74 Å². The zero-order chi connectivity index (χ0) is 17.5. The molecule has 25 heavy (non-hydrogen) atoms. The van der Waals surface area contributed by atoms with Gasteiger partial charge in [0, 0.05) is 18.7 Å². The number of morpholine rings is 1. The number of hydrogen-bond donors (Lipinski definition) is 0. The molecule has 1 saturated heterocycles. The molecule has 3 rings (SSSR count). The van der Waals surface area contributed by atoms with Gasteiger partial charge in [0.1, 0.15) is 0 Å². The van der Waals surface area contributed by atoms with Crippen LogP contribution in [0.3, 0.4) is 0 Å². The summed E-state index contributed by atoms with van der Waals surface area (Å²) < 4.78 is 6.73. The maximum Gasteiger partial charge on any atom is 0.233 e. The minimum absolute atomic E-state index is 0.0671. The van der Waals surface area contributed by atoms with E-state index in [2.05, 4.69) is 10.2 Å². The third kappa shape index (κ3) is 5.53. The maximum absolute atomic E-state index is 12.1. The van der Waals surface area contributed by atoms with Gasteiger partial charge < -0.3 is 9.64 Å². The van der Waals surface area contributed by atoms with Crippen molar-refractivity contribution in [3.63, 3.8) is 0 Å². The molecular formula is C16H17N3O3S3. The fourth-order valence-electron chi connectivity index (χ4n) is 2.18. The number of carbonyl (C=O) groups excluding carboxylic acids is 2. The molecule has 1 aromatic carbocycles. The van der Waals surface area contributed by atoms with Gasteiger partial charge in [-0.05, 0) is 0 Å². The Kier molecular flexibility index (Phi) is 6.85. The van der Waals surface area contributed by atoms with Crippen molar-refractivity contribution >= 4 is 46.6 Å². The maximum atomic E-state index is 12.1. The molecule has 1 aliphatic rings. The summed E-state index contributed by atoms with van der Waals surface area (Å²) in [5, 5.41) is 8.17. The molecule has 6 nitrogen and oxygen atoms in total. The molecule has 9 heteroatoms. The predicted molar refractivity (Wildman–Crippen MR) is 99.5 cm³/mol. The van der Waals surface area contributed by atoms with E-state index in [9.17, 15) is 9.59 Å². The van der Waals surface area contributed by atoms with Crippen LogP contribution < -0.4 is 0 Å². The van der Waals surface area contributed by atoms with Gasteiger partial charge in [0.25, 0.3) is 0 Å². The average Bonchev–Trinajstić information content (AvgIpc) is 3.13. The van der Waals surface area contributed by atoms with Crippen LogP contribution in [0.15, 0.2) is 39.0 Å². The molecule has 0 N–H and O–H groups in total. The Hall–Kier alpha value is -1.42. The molecule has 0 unspecified atom stereocenters. The first-order chi connectivity index (χ1) is 12.2. The van der Waals surface area contributed by atoms with Gasteiger partial charge in [0.05, 0.1) is 24.7 Å². The van der Waals surface area contributed by atoms with E-state index in [0.717, 1.165) is 8.68 Å². The Morgan fingerprint density at radius 2 is 1.68 bits per heavy atom. The normalized spacial score (nSPS) is 14.5. The second-order valence-electron chi connectivity index (χ2n) is 5.19. The summed E-state index contributed by atoms with van der Waals surface area (Å²) >= 11 is 4.18. The standard InChI is InChI=1S/C16H17N3O3S3/c20-13(12-4-2-1-3-5-12)10-23-15-17-18-16(25-15)24-11-14(21)19-6-8-22-9-7-19/h1-5H,6-11H2. The summed E-state index contributed by atoms with van der Waals surface area (Å²) in [4.78, 5) is 26.0. The topological polar surface area (TPSA) is 72.4 Å². The van der Waals surface area contributed by atoms with Crippen molar-refractivity contribution < 1.29 is 14.3 Å². The zero-order valence-corrected chi connectivity index (χ0v) is 15.9. The number of aromatic nitrogens is 2. The first kappa shape index (κ1) is 18.4. The van der Waals surface area contributed by atoms with Crippen molar-refractivity contribution in [2.45, 2.75) is 8.68 Å². The van der Waals surface area contributed by atoms with E-state index in [-0.39, 0.29) is 11.7 Å². The fourth-order valence-corrected chi connectivity index (χ4v) is 4.99. The lowest BCUT2D eigenvalue weighted by molar-refractivity contribution is -0.132. The third-order valence-corrected chi connectivity index (χ3v) is 6.67. The summed E-state index contributed by atoms with van der Waals surface area (Å²) in [5.41, 5.74) is 0.699. The van der Waals surface area contributed by atoms with E-state index in [1.165, 1.54) is 34.9 Å². The van der Waals surface area contributed by atoms with Crippen molar-refractivity contribution in [1.29, 1.82) is 0 Å². The van der Waals surface area contributed by atoms with Gasteiger partial charge in [0.2, 0.25) is 5.91 Å². The Balaban J connectivity index is 1.44. The molecule has 0 saturated carbocycles. The number of ether oxygens (including phenoxy) is 1. The van der Waals surface area contributed by atoms with Crippen molar-refractivity contribution in [1.82, 2.24) is 15.1 Å². The summed E-state index contributed by atoms with van der Waals surface area (Å²) in [6.45, 7) is 2.51. The van der Waals surface area contributed by atoms with Crippen LogP contribution in [0.2, 0.25) is 0 Å². The number of ketones is 1. The Morgan fingerprint density at radius 1 is 1.04 bits per heavy atom. The van der Waals surface area contributed by atoms with Crippen LogP contribution in [-0.4, -0.2) is 64.6 Å². The number of carbonyl (C=O) groups is 2. The Bertz CT molecular complexity index is 718. The highest BCUT2D eigenvalue weighted by atomic mass is 32.2. The van der Waals surface area contributed by atoms with Crippen LogP contribution in [-0.2, 0) is 9.53 Å². The average molecular weight is 396 g/mol. The second-order valence-corrected chi connectivity index (χ2v) is 8.62. The van der Waals surface area contributed by atoms with Crippen molar-refractivity contribution in [3.8, 4) is 0 Å². The third-order valence-electron chi connectivity index (χ3n) is 3.49. The Morgan fingerprint density at radius 3 is 2.36 bits per heavy atom. The van der Waals surface area contributed by atoms with Crippen LogP contribution >= 0.6 is 34.9 Å². The summed E-state index contributed by atoms with van der Waals surface area (Å²) in [5.74, 6) is 0.840. The fraction of sp³-hybridized carbons (Fsp3) is 0.375. The first-order valence-corrected chi connectivity index (χ1v) is 10.5. The van der Waals surface area contributed by atoms with Gasteiger partial charge in [-0.25, -0.2) is 0 Å². The highest BCUT2D eigenvalue weighted by Crippen LogP contribution is 2.29. The molecule has 132 valence electrons. The molecule has 2 aromatic rings. The molecule has 0 aliphatic carbocycles. The molecule has 0 atom stereocenters. The van der Waals surface area contributed by atoms with Gasteiger partial charge in [-0.1, -0.05) is 65.2 Å². The molecular weight excluding hydrogens is 378 g/mol. The predicted octanol–water partition coefficient (Wildman–Crippen LogP) is 2.46. The molecule has 1 amide bonds. The molecule has 0 spiro atoms. The summed E-state index contributed by atoms with van der Waals surface area (Å²) in [7, 11) is 0. The van der Waals surface area contributed by atoms with Crippen LogP contribution in [0, 0.1) is 0 Å². The molecule has 0 bridgehead atoms. The summed E-state index contributed by atoms with van der Waals surface area (Å²) in [6.07, 6.45) is 0. The number of nitrogens with zero attached hydrogens (tertiary/aromatic N) is 3. The number of rotatable bonds is 7. The van der Waals surface area contributed by atoms with Crippen molar-refractivity contribution in [3.05, 3.63) is 35.9 Å². The minimum Gasteiger partial charge on any atom is -0.378 e. The van der Waals surface area contributed by atoms with Gasteiger partial charge in [0.15, 0.2) is 14.5 Å². The van der Waals surface area contributed by atoms with Crippen LogP contribution in [0.1, 0.15) is 10.4 Å². The van der Waals surface area contributed by atoms with E-state index in [0.29, 0.717) is 43.4 Å². The summed E-state index contributed by atoms with van der Waals surface area (Å²) in [6, 6.07) is 9.20. The number of amides is 1. The number of Topliss-reactive ketones (excluding diaryl/α,β-unsaturated/α-hetero) is 1. The minimum atomic E-state index is 0.0671. The zero-order valence-electron chi connectivity index (χ0n) is 13.4. The smallest absolute Gasteiger partial charge is 0.233 e. The van der Waals surface area contributed by atoms with E-state index in [1.807, 2.05) is 35.2 Å². The first-order valence-electron chi connectivity index (χ1n) is 7.75. The monoisotopic (exact) mass is 395 g/mol. The Labute approximate surface area is 158 Å². The van der Waals surface area contributed by atoms with Gasteiger partial charge in [-0.3, -0.25) is 9.59 Å². The second kappa shape index (κ2) is 9.33. The number of benzene rings is 1. The highest BCUT2D eigenvalue weighted by molar-refractivity contribution is 8.03. The van der Waals surface area contributed by atoms with Gasteiger partial charge >= 0.3 is 0 Å². The van der Waals surface area contributed by atoms with Crippen LogP contribution in [0.25, 0.3) is 0 Å². The lowest BCUT2D eigenvalue weighted by Crippen LogP contribution is -2.41. The molecule has 1 aliphatic heterocycles. The van der Waals surface area contributed by atoms with Gasteiger partial charge in [-0.15, -0.1) is 10.2 Å². The number of thioether (sulfide) groups is 2. The molecule has 1 aromatic heterocycles. The molecule has 1 fully saturated rings. The molecule has 0 radical (unpaired) electrons.